The summed E-state index contributed by atoms with van der Waals surface area (Å²) < 4.78 is 5.48. The molecule has 0 radical (unpaired) electrons. The minimum Gasteiger partial charge on any atom is -0.466 e. The van der Waals surface area contributed by atoms with Gasteiger partial charge in [-0.15, -0.1) is 0 Å². The molecule has 6 nitrogen and oxygen atoms in total. The number of aliphatic hydroxyl groups excluding tert-OH is 2. The van der Waals surface area contributed by atoms with E-state index in [4.69, 9.17) is 4.74 Å². The molecule has 460 valence electrons. The van der Waals surface area contributed by atoms with Crippen molar-refractivity contribution in [2.45, 2.75) is 398 Å². The second kappa shape index (κ2) is 67.6. The molecule has 0 heterocycles. The monoisotopic (exact) mass is 1100 g/mol. The van der Waals surface area contributed by atoms with Crippen LogP contribution < -0.4 is 5.32 Å². The molecule has 0 saturated carbocycles. The van der Waals surface area contributed by atoms with Gasteiger partial charge in [0.05, 0.1) is 25.4 Å². The fraction of sp³-hybridized carbons (Fsp3) is 0.889. The quantitative estimate of drug-likeness (QED) is 0.0320. The molecule has 0 spiro atoms. The predicted molar refractivity (Wildman–Crippen MR) is 343 cm³/mol. The van der Waals surface area contributed by atoms with Crippen LogP contribution in [0, 0.1) is 0 Å². The van der Waals surface area contributed by atoms with E-state index in [1.54, 1.807) is 6.08 Å². The molecule has 0 rings (SSSR count). The van der Waals surface area contributed by atoms with Crippen LogP contribution in [-0.4, -0.2) is 47.4 Å². The van der Waals surface area contributed by atoms with Crippen LogP contribution in [0.2, 0.25) is 0 Å². The number of ether oxygens (including phenoxy) is 1. The van der Waals surface area contributed by atoms with Crippen LogP contribution in [0.15, 0.2) is 36.5 Å². The molecule has 78 heavy (non-hydrogen) atoms. The lowest BCUT2D eigenvalue weighted by Crippen LogP contribution is -2.45. The number of rotatable bonds is 66. The highest BCUT2D eigenvalue weighted by molar-refractivity contribution is 5.76. The zero-order valence-electron chi connectivity index (χ0n) is 52.7. The number of hydrogen-bond acceptors (Lipinski definition) is 5. The fourth-order valence-electron chi connectivity index (χ4n) is 11.0. The van der Waals surface area contributed by atoms with Gasteiger partial charge in [-0.25, -0.2) is 0 Å². The normalized spacial score (nSPS) is 12.7. The Hall–Kier alpha value is -1.92. The van der Waals surface area contributed by atoms with Crippen molar-refractivity contribution in [1.82, 2.24) is 5.32 Å². The predicted octanol–water partition coefficient (Wildman–Crippen LogP) is 22.7. The average molecular weight is 1100 g/mol. The maximum Gasteiger partial charge on any atom is 0.305 e. The van der Waals surface area contributed by atoms with Gasteiger partial charge in [0.2, 0.25) is 5.91 Å². The lowest BCUT2D eigenvalue weighted by Gasteiger charge is -2.20. The van der Waals surface area contributed by atoms with Crippen LogP contribution in [-0.2, 0) is 14.3 Å². The van der Waals surface area contributed by atoms with Gasteiger partial charge in [0.25, 0.3) is 0 Å². The standard InChI is InChI=1S/C72H137NO5/c1-3-5-7-9-11-13-15-17-18-19-34-37-41-44-48-52-56-60-64-70(75)69(68-74)73-71(76)65-61-57-53-49-45-42-38-35-32-30-28-26-24-22-20-21-23-25-27-29-31-33-36-39-43-47-51-55-59-63-67-78-72(77)66-62-58-54-50-46-40-16-14-12-10-8-6-4-2/h8,10,14,16,60,64,69-70,74-75H,3-7,9,11-13,15,17-59,61-63,65-68H2,1-2H3,(H,73,76)/b10-8-,16-14-,64-60+. The summed E-state index contributed by atoms with van der Waals surface area (Å²) in [7, 11) is 0. The minimum absolute atomic E-state index is 0.00465. The summed E-state index contributed by atoms with van der Waals surface area (Å²) >= 11 is 0. The molecule has 0 aliphatic rings. The Bertz CT molecular complexity index is 1260. The zero-order chi connectivity index (χ0) is 56.4. The van der Waals surface area contributed by atoms with E-state index in [1.807, 2.05) is 6.08 Å². The number of allylic oxidation sites excluding steroid dienone is 5. The summed E-state index contributed by atoms with van der Waals surface area (Å²) in [6.07, 6.45) is 86.6. The largest absolute Gasteiger partial charge is 0.466 e. The first-order valence-electron chi connectivity index (χ1n) is 35.3. The van der Waals surface area contributed by atoms with E-state index in [0.717, 1.165) is 51.4 Å². The first-order chi connectivity index (χ1) is 38.5. The lowest BCUT2D eigenvalue weighted by atomic mass is 10.0. The van der Waals surface area contributed by atoms with Crippen molar-refractivity contribution in [2.75, 3.05) is 13.2 Å². The Kier molecular flexibility index (Phi) is 65.9. The minimum atomic E-state index is -0.842. The molecular formula is C72H137NO5. The molecule has 2 atom stereocenters. The number of aliphatic hydroxyl groups is 2. The molecule has 0 aromatic heterocycles. The first-order valence-corrected chi connectivity index (χ1v) is 35.3. The maximum atomic E-state index is 12.5. The van der Waals surface area contributed by atoms with Crippen molar-refractivity contribution in [3.05, 3.63) is 36.5 Å². The average Bonchev–Trinajstić information content (AvgIpc) is 3.44. The first kappa shape index (κ1) is 76.1. The van der Waals surface area contributed by atoms with Crippen molar-refractivity contribution < 1.29 is 24.5 Å². The molecule has 0 aliphatic heterocycles. The Morgan fingerprint density at radius 1 is 0.359 bits per heavy atom. The number of unbranched alkanes of at least 4 members (excludes halogenated alkanes) is 51. The van der Waals surface area contributed by atoms with Gasteiger partial charge < -0.3 is 20.3 Å². The maximum absolute atomic E-state index is 12.5. The second-order valence-corrected chi connectivity index (χ2v) is 24.2. The molecule has 0 bridgehead atoms. The smallest absolute Gasteiger partial charge is 0.305 e. The topological polar surface area (TPSA) is 95.9 Å². The van der Waals surface area contributed by atoms with Crippen LogP contribution in [0.5, 0.6) is 0 Å². The fourth-order valence-corrected chi connectivity index (χ4v) is 11.0. The zero-order valence-corrected chi connectivity index (χ0v) is 52.7. The van der Waals surface area contributed by atoms with E-state index < -0.39 is 12.1 Å². The van der Waals surface area contributed by atoms with Crippen molar-refractivity contribution >= 4 is 11.9 Å². The van der Waals surface area contributed by atoms with Crippen LogP contribution in [0.1, 0.15) is 386 Å². The Labute approximate surface area is 487 Å². The molecule has 0 aromatic carbocycles. The number of esters is 1. The van der Waals surface area contributed by atoms with Gasteiger partial charge in [-0.1, -0.05) is 352 Å². The summed E-state index contributed by atoms with van der Waals surface area (Å²) in [6.45, 7) is 4.87. The van der Waals surface area contributed by atoms with Crippen LogP contribution >= 0.6 is 0 Å². The Morgan fingerprint density at radius 2 is 0.667 bits per heavy atom. The number of amides is 1. The molecule has 0 aromatic rings. The van der Waals surface area contributed by atoms with Gasteiger partial charge in [0, 0.05) is 12.8 Å². The highest BCUT2D eigenvalue weighted by atomic mass is 16.5. The Balaban J connectivity index is 3.36. The number of nitrogens with one attached hydrogen (secondary N) is 1. The van der Waals surface area contributed by atoms with E-state index in [1.165, 1.54) is 308 Å². The molecule has 6 heteroatoms. The van der Waals surface area contributed by atoms with Gasteiger partial charge >= 0.3 is 5.97 Å². The van der Waals surface area contributed by atoms with Gasteiger partial charge in [-0.3, -0.25) is 9.59 Å². The highest BCUT2D eigenvalue weighted by Gasteiger charge is 2.18. The van der Waals surface area contributed by atoms with Gasteiger partial charge in [-0.2, -0.15) is 0 Å². The van der Waals surface area contributed by atoms with E-state index in [9.17, 15) is 19.8 Å². The third-order valence-corrected chi connectivity index (χ3v) is 16.4. The van der Waals surface area contributed by atoms with Crippen LogP contribution in [0.25, 0.3) is 0 Å². The summed E-state index contributed by atoms with van der Waals surface area (Å²) in [5, 5.41) is 23.2. The van der Waals surface area contributed by atoms with Gasteiger partial charge in [0.15, 0.2) is 0 Å². The molecule has 0 saturated heterocycles. The van der Waals surface area contributed by atoms with Crippen LogP contribution in [0.3, 0.4) is 0 Å². The Morgan fingerprint density at radius 3 is 1.03 bits per heavy atom. The number of carbonyl (C=O) groups excluding carboxylic acids is 2. The van der Waals surface area contributed by atoms with Crippen molar-refractivity contribution in [3.8, 4) is 0 Å². The highest BCUT2D eigenvalue weighted by Crippen LogP contribution is 2.19. The van der Waals surface area contributed by atoms with Crippen molar-refractivity contribution in [3.63, 3.8) is 0 Å². The molecule has 0 fully saturated rings. The summed E-state index contributed by atoms with van der Waals surface area (Å²) in [4.78, 5) is 24.5. The SMILES string of the molecule is CCC/C=C\C/C=C\CCCCCCCC(=O)OCCCCCCCCCCCCCCCCCCCCCCCCCCCCCCCCC(=O)NC(CO)C(O)/C=C/CCCCCCCCCCCCCCCCCC. The van der Waals surface area contributed by atoms with Crippen LogP contribution in [0.4, 0.5) is 0 Å². The summed E-state index contributed by atoms with van der Waals surface area (Å²) in [5.41, 5.74) is 0. The third kappa shape index (κ3) is 63.3. The van der Waals surface area contributed by atoms with Crippen molar-refractivity contribution in [2.24, 2.45) is 0 Å². The van der Waals surface area contributed by atoms with E-state index in [0.29, 0.717) is 19.4 Å². The van der Waals surface area contributed by atoms with E-state index >= 15 is 0 Å². The molecule has 3 N–H and O–H groups in total. The van der Waals surface area contributed by atoms with E-state index in [2.05, 4.69) is 43.5 Å². The van der Waals surface area contributed by atoms with Crippen molar-refractivity contribution in [1.29, 1.82) is 0 Å². The number of carbonyl (C=O) groups is 2. The third-order valence-electron chi connectivity index (χ3n) is 16.4. The summed E-state index contributed by atoms with van der Waals surface area (Å²) in [6, 6.07) is -0.625. The molecule has 2 unspecified atom stereocenters. The molecule has 1 amide bonds. The van der Waals surface area contributed by atoms with E-state index in [-0.39, 0.29) is 18.5 Å². The molecular weight excluding hydrogens is 959 g/mol. The number of hydrogen-bond donors (Lipinski definition) is 3. The second-order valence-electron chi connectivity index (χ2n) is 24.2. The van der Waals surface area contributed by atoms with Gasteiger partial charge in [0.1, 0.15) is 0 Å². The van der Waals surface area contributed by atoms with Gasteiger partial charge in [-0.05, 0) is 57.8 Å². The molecule has 0 aliphatic carbocycles. The lowest BCUT2D eigenvalue weighted by molar-refractivity contribution is -0.143. The summed E-state index contributed by atoms with van der Waals surface area (Å²) in [5.74, 6) is -0.0564.